The first-order chi connectivity index (χ1) is 12.4. The van der Waals surface area contributed by atoms with Crippen molar-refractivity contribution in [3.05, 3.63) is 47.5 Å². The molecule has 26 heavy (non-hydrogen) atoms. The van der Waals surface area contributed by atoms with Crippen molar-refractivity contribution < 1.29 is 18.0 Å². The molecule has 0 unspecified atom stereocenters. The van der Waals surface area contributed by atoms with E-state index >= 15 is 0 Å². The first-order valence-corrected chi connectivity index (χ1v) is 8.51. The monoisotopic (exact) mass is 365 g/mol. The normalized spacial score (nSPS) is 22.5. The maximum absolute atomic E-state index is 12.9. The Labute approximate surface area is 148 Å². The Morgan fingerprint density at radius 2 is 1.85 bits per heavy atom. The third-order valence-electron chi connectivity index (χ3n) is 5.03. The maximum atomic E-state index is 12.9. The number of rotatable bonds is 2. The molecule has 1 N–H and O–H groups in total. The standard InChI is InChI=1S/C17H18F3N5O/c18-17(19,20)15-23-22-14-10-24(6-7-25(14)15)16(26)21-13-8-12(9-13)11-4-2-1-3-5-11/h1-5,12-13H,6-10H2,(H,21,26). The van der Waals surface area contributed by atoms with Crippen molar-refractivity contribution in [3.63, 3.8) is 0 Å². The number of fused-ring (bicyclic) bond motifs is 1. The van der Waals surface area contributed by atoms with Gasteiger partial charge >= 0.3 is 12.2 Å². The van der Waals surface area contributed by atoms with Crippen LogP contribution < -0.4 is 5.32 Å². The van der Waals surface area contributed by atoms with Gasteiger partial charge < -0.3 is 14.8 Å². The van der Waals surface area contributed by atoms with E-state index in [1.807, 2.05) is 18.2 Å². The lowest BCUT2D eigenvalue weighted by Gasteiger charge is -2.38. The molecule has 1 aliphatic heterocycles. The minimum Gasteiger partial charge on any atom is -0.335 e. The zero-order chi connectivity index (χ0) is 18.3. The number of benzene rings is 1. The van der Waals surface area contributed by atoms with E-state index in [9.17, 15) is 18.0 Å². The number of carbonyl (C=O) groups excluding carboxylic acids is 1. The van der Waals surface area contributed by atoms with Crippen molar-refractivity contribution in [2.24, 2.45) is 0 Å². The summed E-state index contributed by atoms with van der Waals surface area (Å²) in [5, 5.41) is 9.78. The van der Waals surface area contributed by atoms with E-state index in [1.165, 1.54) is 10.5 Å². The molecule has 1 aromatic carbocycles. The second-order valence-corrected chi connectivity index (χ2v) is 6.74. The smallest absolute Gasteiger partial charge is 0.335 e. The summed E-state index contributed by atoms with van der Waals surface area (Å²) >= 11 is 0. The summed E-state index contributed by atoms with van der Waals surface area (Å²) < 4.78 is 39.6. The second kappa shape index (κ2) is 6.30. The molecule has 4 rings (SSSR count). The minimum atomic E-state index is -4.53. The molecule has 1 aromatic heterocycles. The van der Waals surface area contributed by atoms with Crippen LogP contribution in [0.5, 0.6) is 0 Å². The quantitative estimate of drug-likeness (QED) is 0.890. The average Bonchev–Trinajstić information content (AvgIpc) is 3.01. The molecule has 2 heterocycles. The Bertz CT molecular complexity index is 798. The number of nitrogens with one attached hydrogen (secondary N) is 1. The Morgan fingerprint density at radius 1 is 1.12 bits per heavy atom. The summed E-state index contributed by atoms with van der Waals surface area (Å²) in [6, 6.07) is 9.97. The lowest BCUT2D eigenvalue weighted by atomic mass is 9.76. The molecule has 2 aliphatic rings. The van der Waals surface area contributed by atoms with Crippen LogP contribution in [0.15, 0.2) is 30.3 Å². The summed E-state index contributed by atoms with van der Waals surface area (Å²) in [6.07, 6.45) is -2.79. The number of aromatic nitrogens is 3. The van der Waals surface area contributed by atoms with Crippen molar-refractivity contribution in [2.75, 3.05) is 6.54 Å². The molecule has 0 spiro atoms. The van der Waals surface area contributed by atoms with Gasteiger partial charge in [0.25, 0.3) is 0 Å². The van der Waals surface area contributed by atoms with Crippen molar-refractivity contribution in [1.29, 1.82) is 0 Å². The van der Waals surface area contributed by atoms with Crippen LogP contribution in [0.1, 0.15) is 36.0 Å². The number of hydrogen-bond donors (Lipinski definition) is 1. The highest BCUT2D eigenvalue weighted by atomic mass is 19.4. The van der Waals surface area contributed by atoms with E-state index < -0.39 is 12.0 Å². The van der Waals surface area contributed by atoms with Gasteiger partial charge in [0.1, 0.15) is 0 Å². The highest BCUT2D eigenvalue weighted by Gasteiger charge is 2.40. The van der Waals surface area contributed by atoms with Crippen LogP contribution in [0.4, 0.5) is 18.0 Å². The highest BCUT2D eigenvalue weighted by Crippen LogP contribution is 2.37. The van der Waals surface area contributed by atoms with Crippen LogP contribution in [-0.2, 0) is 19.3 Å². The van der Waals surface area contributed by atoms with Gasteiger partial charge in [-0.05, 0) is 24.3 Å². The number of amides is 2. The molecule has 0 radical (unpaired) electrons. The number of urea groups is 1. The summed E-state index contributed by atoms with van der Waals surface area (Å²) in [5.74, 6) is -0.396. The first-order valence-electron chi connectivity index (χ1n) is 8.51. The predicted molar refractivity (Wildman–Crippen MR) is 86.2 cm³/mol. The van der Waals surface area contributed by atoms with Crippen LogP contribution in [0.2, 0.25) is 0 Å². The molecule has 6 nitrogen and oxygen atoms in total. The van der Waals surface area contributed by atoms with Gasteiger partial charge in [-0.3, -0.25) is 0 Å². The van der Waals surface area contributed by atoms with Crippen molar-refractivity contribution in [3.8, 4) is 0 Å². The van der Waals surface area contributed by atoms with Crippen LogP contribution >= 0.6 is 0 Å². The lowest BCUT2D eigenvalue weighted by Crippen LogP contribution is -2.51. The molecular formula is C17H18F3N5O. The Kier molecular flexibility index (Phi) is 4.08. The summed E-state index contributed by atoms with van der Waals surface area (Å²) in [5.41, 5.74) is 1.27. The zero-order valence-electron chi connectivity index (χ0n) is 13.9. The molecule has 1 aliphatic carbocycles. The maximum Gasteiger partial charge on any atom is 0.451 e. The van der Waals surface area contributed by atoms with Gasteiger partial charge in [-0.15, -0.1) is 10.2 Å². The van der Waals surface area contributed by atoms with Crippen LogP contribution in [0.25, 0.3) is 0 Å². The largest absolute Gasteiger partial charge is 0.451 e. The summed E-state index contributed by atoms with van der Waals surface area (Å²) in [7, 11) is 0. The number of alkyl halides is 3. The van der Waals surface area contributed by atoms with Crippen molar-refractivity contribution in [2.45, 2.75) is 44.1 Å². The Morgan fingerprint density at radius 3 is 2.54 bits per heavy atom. The number of nitrogens with zero attached hydrogens (tertiary/aromatic N) is 4. The Hall–Kier alpha value is -2.58. The van der Waals surface area contributed by atoms with Crippen LogP contribution in [-0.4, -0.2) is 38.3 Å². The van der Waals surface area contributed by atoms with Gasteiger partial charge in [0.05, 0.1) is 6.54 Å². The molecule has 0 bridgehead atoms. The van der Waals surface area contributed by atoms with Gasteiger partial charge in [-0.25, -0.2) is 4.79 Å². The predicted octanol–water partition coefficient (Wildman–Crippen LogP) is 2.77. The van der Waals surface area contributed by atoms with E-state index in [4.69, 9.17) is 0 Å². The first kappa shape index (κ1) is 16.9. The van der Waals surface area contributed by atoms with E-state index in [0.29, 0.717) is 5.92 Å². The van der Waals surface area contributed by atoms with E-state index in [2.05, 4.69) is 27.6 Å². The molecule has 1 fully saturated rings. The van der Waals surface area contributed by atoms with Gasteiger partial charge in [0, 0.05) is 19.1 Å². The SMILES string of the molecule is O=C(NC1CC(c2ccccc2)C1)N1CCn2c(nnc2C(F)(F)F)C1. The molecule has 0 saturated heterocycles. The molecule has 2 amide bonds. The zero-order valence-corrected chi connectivity index (χ0v) is 13.9. The second-order valence-electron chi connectivity index (χ2n) is 6.74. The lowest BCUT2D eigenvalue weighted by molar-refractivity contribution is -0.147. The number of hydrogen-bond acceptors (Lipinski definition) is 3. The summed E-state index contributed by atoms with van der Waals surface area (Å²) in [6.45, 7) is 0.278. The van der Waals surface area contributed by atoms with Gasteiger partial charge in [-0.2, -0.15) is 13.2 Å². The third kappa shape index (κ3) is 3.13. The van der Waals surface area contributed by atoms with Crippen molar-refractivity contribution >= 4 is 6.03 Å². The molecular weight excluding hydrogens is 347 g/mol. The average molecular weight is 365 g/mol. The Balaban J connectivity index is 1.32. The van der Waals surface area contributed by atoms with E-state index in [0.717, 1.165) is 17.4 Å². The number of halogens is 3. The van der Waals surface area contributed by atoms with E-state index in [-0.39, 0.29) is 37.5 Å². The van der Waals surface area contributed by atoms with Crippen LogP contribution in [0.3, 0.4) is 0 Å². The van der Waals surface area contributed by atoms with Gasteiger partial charge in [0.2, 0.25) is 5.82 Å². The third-order valence-corrected chi connectivity index (χ3v) is 5.03. The van der Waals surface area contributed by atoms with Gasteiger partial charge in [-0.1, -0.05) is 30.3 Å². The van der Waals surface area contributed by atoms with E-state index in [1.54, 1.807) is 0 Å². The molecule has 138 valence electrons. The molecule has 2 aromatic rings. The summed E-state index contributed by atoms with van der Waals surface area (Å²) in [4.78, 5) is 13.9. The highest BCUT2D eigenvalue weighted by molar-refractivity contribution is 5.74. The topological polar surface area (TPSA) is 63.1 Å². The number of carbonyl (C=O) groups is 1. The molecule has 1 saturated carbocycles. The fraction of sp³-hybridized carbons (Fsp3) is 0.471. The fourth-order valence-corrected chi connectivity index (χ4v) is 3.54. The van der Waals surface area contributed by atoms with Crippen LogP contribution in [0, 0.1) is 0 Å². The van der Waals surface area contributed by atoms with Gasteiger partial charge in [0.15, 0.2) is 5.82 Å². The minimum absolute atomic E-state index is 0.0315. The fourth-order valence-electron chi connectivity index (χ4n) is 3.54. The van der Waals surface area contributed by atoms with Crippen molar-refractivity contribution in [1.82, 2.24) is 25.0 Å². The molecule has 9 heteroatoms. The molecule has 0 atom stereocenters.